The van der Waals surface area contributed by atoms with Gasteiger partial charge in [0.05, 0.1) is 17.7 Å². The number of nitrogens with one attached hydrogen (secondary N) is 3. The van der Waals surface area contributed by atoms with Crippen LogP contribution in [0.5, 0.6) is 0 Å². The highest BCUT2D eigenvalue weighted by atomic mass is 32.1. The number of ether oxygens (including phenoxy) is 1. The number of nitriles is 1. The summed E-state index contributed by atoms with van der Waals surface area (Å²) in [6.45, 7) is 6.86. The van der Waals surface area contributed by atoms with Crippen molar-refractivity contribution in [3.05, 3.63) is 34.9 Å². The number of thiocarbonyl (C=S) groups is 1. The largest absolute Gasteiger partial charge is 0.383 e. The fourth-order valence-corrected chi connectivity index (χ4v) is 2.73. The summed E-state index contributed by atoms with van der Waals surface area (Å²) in [6.07, 6.45) is 0.851. The number of pyridine rings is 1. The summed E-state index contributed by atoms with van der Waals surface area (Å²) in [4.78, 5) is 4.68. The molecule has 0 bridgehead atoms. The number of methoxy groups -OCH3 is 1. The van der Waals surface area contributed by atoms with Crippen LogP contribution in [0.15, 0.2) is 18.2 Å². The Morgan fingerprint density at radius 2 is 2.00 bits per heavy atom. The Labute approximate surface area is 159 Å². The van der Waals surface area contributed by atoms with Gasteiger partial charge in [-0.25, -0.2) is 4.98 Å². The van der Waals surface area contributed by atoms with E-state index >= 15 is 0 Å². The van der Waals surface area contributed by atoms with E-state index < -0.39 is 0 Å². The zero-order valence-electron chi connectivity index (χ0n) is 15.5. The van der Waals surface area contributed by atoms with E-state index in [4.69, 9.17) is 17.0 Å². The number of hydrogen-bond acceptors (Lipinski definition) is 5. The predicted molar refractivity (Wildman–Crippen MR) is 110 cm³/mol. The van der Waals surface area contributed by atoms with Gasteiger partial charge >= 0.3 is 0 Å². The topological polar surface area (TPSA) is 82.0 Å². The fraction of sp³-hybridized carbons (Fsp3) is 0.421. The normalized spacial score (nSPS) is 10.4. The van der Waals surface area contributed by atoms with Gasteiger partial charge in [-0.05, 0) is 49.7 Å². The van der Waals surface area contributed by atoms with E-state index in [2.05, 4.69) is 46.9 Å². The third kappa shape index (κ3) is 5.28. The molecule has 6 nitrogen and oxygen atoms in total. The van der Waals surface area contributed by atoms with E-state index in [1.807, 2.05) is 12.1 Å². The van der Waals surface area contributed by atoms with Crippen LogP contribution in [0.1, 0.15) is 23.1 Å². The number of aryl methyl sites for hydroxylation is 2. The maximum atomic E-state index is 9.40. The zero-order chi connectivity index (χ0) is 18.9. The Balaban J connectivity index is 1.91. The van der Waals surface area contributed by atoms with Gasteiger partial charge in [-0.2, -0.15) is 5.26 Å². The molecule has 2 aromatic rings. The molecule has 0 radical (unpaired) electrons. The molecule has 0 aliphatic carbocycles. The van der Waals surface area contributed by atoms with Gasteiger partial charge in [0.1, 0.15) is 11.9 Å². The molecule has 0 aliphatic rings. The summed E-state index contributed by atoms with van der Waals surface area (Å²) >= 11 is 5.18. The summed E-state index contributed by atoms with van der Waals surface area (Å²) in [5.41, 5.74) is 3.84. The third-order valence-corrected chi connectivity index (χ3v) is 4.44. The number of rotatable bonds is 8. The molecule has 0 amide bonds. The molecule has 1 aromatic carbocycles. The SMILES string of the molecule is COCCNC(=S)NCCCNc1nc2c(C)c(C)ccc2cc1C#N. The summed E-state index contributed by atoms with van der Waals surface area (Å²) < 4.78 is 4.96. The molecule has 3 N–H and O–H groups in total. The maximum absolute atomic E-state index is 9.40. The van der Waals surface area contributed by atoms with Crippen LogP contribution < -0.4 is 16.0 Å². The highest BCUT2D eigenvalue weighted by Crippen LogP contribution is 2.24. The lowest BCUT2D eigenvalue weighted by Crippen LogP contribution is -2.37. The molecular formula is C19H25N5OS. The van der Waals surface area contributed by atoms with Crippen LogP contribution in [0.25, 0.3) is 10.9 Å². The Bertz CT molecular complexity index is 816. The van der Waals surface area contributed by atoms with Gasteiger partial charge in [0.25, 0.3) is 0 Å². The molecule has 1 aromatic heterocycles. The second-order valence-electron chi connectivity index (χ2n) is 6.03. The quantitative estimate of drug-likeness (QED) is 0.486. The minimum Gasteiger partial charge on any atom is -0.383 e. The van der Waals surface area contributed by atoms with Crippen LogP contribution in [0.4, 0.5) is 5.82 Å². The first-order chi connectivity index (χ1) is 12.6. The van der Waals surface area contributed by atoms with Crippen LogP contribution in [0.3, 0.4) is 0 Å². The summed E-state index contributed by atoms with van der Waals surface area (Å²) in [5, 5.41) is 20.5. The molecule has 0 spiro atoms. The molecule has 0 saturated heterocycles. The van der Waals surface area contributed by atoms with E-state index in [-0.39, 0.29) is 0 Å². The molecule has 0 unspecified atom stereocenters. The number of anilines is 1. The minimum atomic E-state index is 0.561. The number of nitrogens with zero attached hydrogens (tertiary/aromatic N) is 2. The van der Waals surface area contributed by atoms with Crippen molar-refractivity contribution >= 4 is 34.1 Å². The first-order valence-corrected chi connectivity index (χ1v) is 9.03. The van der Waals surface area contributed by atoms with Gasteiger partial charge in [-0.1, -0.05) is 12.1 Å². The number of aromatic nitrogens is 1. The molecule has 0 atom stereocenters. The number of benzene rings is 1. The Kier molecular flexibility index (Phi) is 7.57. The summed E-state index contributed by atoms with van der Waals surface area (Å²) in [6, 6.07) is 8.19. The molecule has 138 valence electrons. The van der Waals surface area contributed by atoms with Crippen molar-refractivity contribution < 1.29 is 4.74 Å². The highest BCUT2D eigenvalue weighted by molar-refractivity contribution is 7.80. The van der Waals surface area contributed by atoms with Crippen molar-refractivity contribution in [1.82, 2.24) is 15.6 Å². The van der Waals surface area contributed by atoms with E-state index in [0.717, 1.165) is 29.4 Å². The van der Waals surface area contributed by atoms with E-state index in [1.165, 1.54) is 5.56 Å². The van der Waals surface area contributed by atoms with Gasteiger partial charge in [-0.3, -0.25) is 0 Å². The van der Waals surface area contributed by atoms with Crippen molar-refractivity contribution in [2.24, 2.45) is 0 Å². The van der Waals surface area contributed by atoms with Gasteiger partial charge < -0.3 is 20.7 Å². The summed E-state index contributed by atoms with van der Waals surface area (Å²) in [5.74, 6) is 0.634. The lowest BCUT2D eigenvalue weighted by Gasteiger charge is -2.12. The minimum absolute atomic E-state index is 0.561. The predicted octanol–water partition coefficient (Wildman–Crippen LogP) is 2.64. The lowest BCUT2D eigenvalue weighted by atomic mass is 10.0. The average molecular weight is 372 g/mol. The zero-order valence-corrected chi connectivity index (χ0v) is 16.3. The molecule has 0 fully saturated rings. The van der Waals surface area contributed by atoms with Gasteiger partial charge in [0, 0.05) is 32.1 Å². The van der Waals surface area contributed by atoms with Crippen molar-refractivity contribution in [3.63, 3.8) is 0 Å². The molecule has 7 heteroatoms. The van der Waals surface area contributed by atoms with E-state index in [9.17, 15) is 5.26 Å². The van der Waals surface area contributed by atoms with E-state index in [0.29, 0.717) is 36.2 Å². The Morgan fingerprint density at radius 3 is 2.73 bits per heavy atom. The first kappa shape index (κ1) is 19.9. The van der Waals surface area contributed by atoms with Crippen LogP contribution in [-0.4, -0.2) is 43.4 Å². The molecule has 0 saturated carbocycles. The molecule has 1 heterocycles. The van der Waals surface area contributed by atoms with Crippen LogP contribution >= 0.6 is 12.2 Å². The van der Waals surface area contributed by atoms with Gasteiger partial charge in [-0.15, -0.1) is 0 Å². The highest BCUT2D eigenvalue weighted by Gasteiger charge is 2.09. The third-order valence-electron chi connectivity index (χ3n) is 4.16. The molecular weight excluding hydrogens is 346 g/mol. The lowest BCUT2D eigenvalue weighted by molar-refractivity contribution is 0.204. The number of fused-ring (bicyclic) bond motifs is 1. The monoisotopic (exact) mass is 371 g/mol. The van der Waals surface area contributed by atoms with Crippen LogP contribution in [0.2, 0.25) is 0 Å². The van der Waals surface area contributed by atoms with Crippen LogP contribution in [-0.2, 0) is 4.74 Å². The van der Waals surface area contributed by atoms with Gasteiger partial charge in [0.2, 0.25) is 0 Å². The first-order valence-electron chi connectivity index (χ1n) is 8.62. The Morgan fingerprint density at radius 1 is 1.23 bits per heavy atom. The standard InChI is InChI=1S/C19H25N5OS/c1-13-5-6-15-11-16(12-20)18(24-17(15)14(13)2)21-7-4-8-22-19(26)23-9-10-25-3/h5-6,11H,4,7-10H2,1-3H3,(H,21,24)(H2,22,23,26). The van der Waals surface area contributed by atoms with E-state index in [1.54, 1.807) is 7.11 Å². The van der Waals surface area contributed by atoms with Crippen LogP contribution in [0, 0.1) is 25.2 Å². The van der Waals surface area contributed by atoms with Crippen molar-refractivity contribution in [2.45, 2.75) is 20.3 Å². The fourth-order valence-electron chi connectivity index (χ4n) is 2.53. The molecule has 26 heavy (non-hydrogen) atoms. The molecule has 0 aliphatic heterocycles. The summed E-state index contributed by atoms with van der Waals surface area (Å²) in [7, 11) is 1.66. The smallest absolute Gasteiger partial charge is 0.166 e. The second-order valence-corrected chi connectivity index (χ2v) is 6.44. The number of hydrogen-bond donors (Lipinski definition) is 3. The Hall–Kier alpha value is -2.43. The van der Waals surface area contributed by atoms with Crippen molar-refractivity contribution in [2.75, 3.05) is 38.7 Å². The second kappa shape index (κ2) is 9.90. The average Bonchev–Trinajstić information content (AvgIpc) is 2.64. The maximum Gasteiger partial charge on any atom is 0.166 e. The van der Waals surface area contributed by atoms with Gasteiger partial charge in [0.15, 0.2) is 5.11 Å². The van der Waals surface area contributed by atoms with Crippen molar-refractivity contribution in [1.29, 1.82) is 5.26 Å². The van der Waals surface area contributed by atoms with Crippen molar-refractivity contribution in [3.8, 4) is 6.07 Å². The molecule has 2 rings (SSSR count).